The van der Waals surface area contributed by atoms with E-state index in [1.54, 1.807) is 18.2 Å². The Morgan fingerprint density at radius 2 is 1.65 bits per heavy atom. The third-order valence-electron chi connectivity index (χ3n) is 4.40. The first-order chi connectivity index (χ1) is 14.9. The van der Waals surface area contributed by atoms with E-state index < -0.39 is 17.6 Å². The summed E-state index contributed by atoms with van der Waals surface area (Å²) < 4.78 is 23.3. The van der Waals surface area contributed by atoms with Crippen molar-refractivity contribution in [3.05, 3.63) is 48.3 Å². The van der Waals surface area contributed by atoms with Gasteiger partial charge in [-0.15, -0.1) is 0 Å². The number of anilines is 2. The van der Waals surface area contributed by atoms with Gasteiger partial charge in [-0.25, -0.2) is 9.40 Å². The molecule has 0 radical (unpaired) electrons. The molecule has 0 bridgehead atoms. The highest BCUT2D eigenvalue weighted by Crippen LogP contribution is 2.25. The minimum atomic E-state index is -0.526. The summed E-state index contributed by atoms with van der Waals surface area (Å²) in [4.78, 5) is 37.0. The van der Waals surface area contributed by atoms with E-state index in [0.29, 0.717) is 22.9 Å². The molecule has 10 heteroatoms. The summed E-state index contributed by atoms with van der Waals surface area (Å²) in [5, 5.41) is 10.2. The summed E-state index contributed by atoms with van der Waals surface area (Å²) in [6.45, 7) is -0.369. The fourth-order valence-electron chi connectivity index (χ4n) is 2.84. The molecule has 0 spiro atoms. The van der Waals surface area contributed by atoms with Gasteiger partial charge in [0.2, 0.25) is 11.8 Å². The molecule has 0 unspecified atom stereocenters. The lowest BCUT2D eigenvalue weighted by atomic mass is 10.1. The van der Waals surface area contributed by atoms with E-state index in [9.17, 15) is 18.8 Å². The fraction of sp³-hybridized carbons (Fsp3) is 0.238. The highest BCUT2D eigenvalue weighted by atomic mass is 19.1. The number of nitrogens with one attached hydrogen (secondary N) is 2. The second-order valence-corrected chi connectivity index (χ2v) is 6.61. The normalized spacial score (nSPS) is 13.3. The van der Waals surface area contributed by atoms with Gasteiger partial charge in [0.1, 0.15) is 29.6 Å². The first kappa shape index (κ1) is 21.8. The Morgan fingerprint density at radius 3 is 2.26 bits per heavy atom. The second-order valence-electron chi connectivity index (χ2n) is 6.61. The Balaban J connectivity index is 1.67. The predicted molar refractivity (Wildman–Crippen MR) is 112 cm³/mol. The van der Waals surface area contributed by atoms with Crippen LogP contribution in [0.15, 0.2) is 47.6 Å². The summed E-state index contributed by atoms with van der Waals surface area (Å²) in [6, 6.07) is 10.1. The van der Waals surface area contributed by atoms with Crippen LogP contribution in [-0.2, 0) is 14.4 Å². The zero-order chi connectivity index (χ0) is 22.4. The topological polar surface area (TPSA) is 109 Å². The average molecular weight is 428 g/mol. The van der Waals surface area contributed by atoms with E-state index in [1.165, 1.54) is 38.5 Å². The van der Waals surface area contributed by atoms with Crippen molar-refractivity contribution in [1.82, 2.24) is 5.01 Å². The maximum Gasteiger partial charge on any atom is 0.271 e. The van der Waals surface area contributed by atoms with Crippen LogP contribution in [0.5, 0.6) is 11.5 Å². The van der Waals surface area contributed by atoms with Gasteiger partial charge in [0.05, 0.1) is 14.2 Å². The lowest BCUT2D eigenvalue weighted by Crippen LogP contribution is -2.40. The summed E-state index contributed by atoms with van der Waals surface area (Å²) >= 11 is 0. The van der Waals surface area contributed by atoms with E-state index >= 15 is 0 Å². The molecule has 2 aromatic carbocycles. The number of hydrazone groups is 1. The largest absolute Gasteiger partial charge is 0.497 e. The van der Waals surface area contributed by atoms with E-state index in [2.05, 4.69) is 15.7 Å². The number of hydrogen-bond acceptors (Lipinski definition) is 6. The van der Waals surface area contributed by atoms with Crippen LogP contribution in [0.25, 0.3) is 0 Å². The maximum atomic E-state index is 13.0. The van der Waals surface area contributed by atoms with Crippen LogP contribution in [-0.4, -0.2) is 49.2 Å². The van der Waals surface area contributed by atoms with Crippen LogP contribution in [0.3, 0.4) is 0 Å². The minimum Gasteiger partial charge on any atom is -0.497 e. The molecule has 31 heavy (non-hydrogen) atoms. The molecule has 0 aromatic heterocycles. The Kier molecular flexibility index (Phi) is 6.81. The molecule has 1 aliphatic heterocycles. The molecular weight excluding hydrogens is 407 g/mol. The number of amides is 3. The smallest absolute Gasteiger partial charge is 0.271 e. The van der Waals surface area contributed by atoms with Crippen molar-refractivity contribution in [3.8, 4) is 11.5 Å². The van der Waals surface area contributed by atoms with E-state index in [4.69, 9.17) is 9.47 Å². The molecule has 0 atom stereocenters. The highest BCUT2D eigenvalue weighted by Gasteiger charge is 2.26. The van der Waals surface area contributed by atoms with Gasteiger partial charge in [0.15, 0.2) is 0 Å². The third kappa shape index (κ3) is 5.78. The molecule has 1 aliphatic rings. The first-order valence-corrected chi connectivity index (χ1v) is 9.35. The molecule has 0 saturated heterocycles. The van der Waals surface area contributed by atoms with Gasteiger partial charge < -0.3 is 20.1 Å². The number of nitrogens with zero attached hydrogens (tertiary/aromatic N) is 2. The van der Waals surface area contributed by atoms with Crippen molar-refractivity contribution >= 4 is 34.8 Å². The first-order valence-electron chi connectivity index (χ1n) is 9.35. The molecule has 0 saturated carbocycles. The number of carbonyl (C=O) groups excluding carboxylic acids is 3. The van der Waals surface area contributed by atoms with Crippen molar-refractivity contribution in [2.24, 2.45) is 5.10 Å². The van der Waals surface area contributed by atoms with Gasteiger partial charge in [-0.1, -0.05) is 0 Å². The van der Waals surface area contributed by atoms with Crippen LogP contribution >= 0.6 is 0 Å². The van der Waals surface area contributed by atoms with Crippen molar-refractivity contribution in [3.63, 3.8) is 0 Å². The summed E-state index contributed by atoms with van der Waals surface area (Å²) in [6.07, 6.45) is 0.174. The van der Waals surface area contributed by atoms with Crippen LogP contribution < -0.4 is 20.1 Å². The molecule has 0 fully saturated rings. The number of ether oxygens (including phenoxy) is 2. The van der Waals surface area contributed by atoms with Crippen LogP contribution in [0.4, 0.5) is 15.8 Å². The van der Waals surface area contributed by atoms with E-state index in [1.807, 2.05) is 0 Å². The van der Waals surface area contributed by atoms with Crippen molar-refractivity contribution in [2.45, 2.75) is 12.8 Å². The molecule has 1 heterocycles. The van der Waals surface area contributed by atoms with Gasteiger partial charge in [-0.3, -0.25) is 14.4 Å². The molecule has 9 nitrogen and oxygen atoms in total. The Labute approximate surface area is 177 Å². The number of rotatable bonds is 7. The number of hydrogen-bond donors (Lipinski definition) is 2. The summed E-state index contributed by atoms with van der Waals surface area (Å²) in [5.41, 5.74) is 0.908. The number of methoxy groups -OCH3 is 2. The Morgan fingerprint density at radius 1 is 1.00 bits per heavy atom. The Bertz CT molecular complexity index is 1000. The molecular formula is C21H21FN4O5. The molecule has 2 aromatic rings. The number of benzene rings is 2. The molecule has 3 amide bonds. The van der Waals surface area contributed by atoms with Crippen molar-refractivity contribution < 1.29 is 28.2 Å². The predicted octanol–water partition coefficient (Wildman–Crippen LogP) is 2.40. The fourth-order valence-corrected chi connectivity index (χ4v) is 2.84. The van der Waals surface area contributed by atoms with Gasteiger partial charge >= 0.3 is 0 Å². The zero-order valence-corrected chi connectivity index (χ0v) is 17.0. The highest BCUT2D eigenvalue weighted by molar-refractivity contribution is 6.43. The summed E-state index contributed by atoms with van der Waals surface area (Å²) in [5.74, 6) is -0.862. The Hall–Kier alpha value is -3.95. The number of halogens is 1. The van der Waals surface area contributed by atoms with E-state index in [0.717, 1.165) is 5.01 Å². The van der Waals surface area contributed by atoms with Gasteiger partial charge in [0.25, 0.3) is 5.91 Å². The van der Waals surface area contributed by atoms with Gasteiger partial charge in [-0.05, 0) is 24.3 Å². The summed E-state index contributed by atoms with van der Waals surface area (Å²) in [7, 11) is 2.97. The number of carbonyl (C=O) groups is 3. The van der Waals surface area contributed by atoms with E-state index in [-0.39, 0.29) is 31.0 Å². The van der Waals surface area contributed by atoms with Crippen LogP contribution in [0.1, 0.15) is 12.8 Å². The third-order valence-corrected chi connectivity index (χ3v) is 4.40. The minimum absolute atomic E-state index is 0.0376. The monoisotopic (exact) mass is 428 g/mol. The van der Waals surface area contributed by atoms with Gasteiger partial charge in [-0.2, -0.15) is 5.10 Å². The van der Waals surface area contributed by atoms with Crippen LogP contribution in [0.2, 0.25) is 0 Å². The molecule has 2 N–H and O–H groups in total. The van der Waals surface area contributed by atoms with Crippen LogP contribution in [0, 0.1) is 5.82 Å². The van der Waals surface area contributed by atoms with Crippen molar-refractivity contribution in [1.29, 1.82) is 0 Å². The molecule has 0 aliphatic carbocycles. The van der Waals surface area contributed by atoms with Crippen molar-refractivity contribution in [2.75, 3.05) is 31.4 Å². The SMILES string of the molecule is COc1cc(NC(=O)CN2N=C(C(=O)Nc3ccc(F)cc3)CCC2=O)cc(OC)c1. The second kappa shape index (κ2) is 9.70. The average Bonchev–Trinajstić information content (AvgIpc) is 2.76. The zero-order valence-electron chi connectivity index (χ0n) is 17.0. The lowest BCUT2D eigenvalue weighted by molar-refractivity contribution is -0.135. The van der Waals surface area contributed by atoms with Gasteiger partial charge in [0, 0.05) is 42.4 Å². The molecule has 3 rings (SSSR count). The maximum absolute atomic E-state index is 13.0. The lowest BCUT2D eigenvalue weighted by Gasteiger charge is -2.22. The quantitative estimate of drug-likeness (QED) is 0.704. The molecule has 162 valence electrons. The standard InChI is InChI=1S/C21H21FN4O5/c1-30-16-9-15(10-17(11-16)31-2)23-19(27)12-26-20(28)8-7-18(25-26)21(29)24-14-5-3-13(22)4-6-14/h3-6,9-11H,7-8,12H2,1-2H3,(H,23,27)(H,24,29).